The van der Waals surface area contributed by atoms with Gasteiger partial charge in [-0.2, -0.15) is 66.6 Å². The fourth-order valence-corrected chi connectivity index (χ4v) is 3.64. The van der Waals surface area contributed by atoms with Crippen molar-refractivity contribution in [3.8, 4) is 0 Å². The van der Waals surface area contributed by atoms with E-state index in [1.165, 1.54) is 19.0 Å². The molecule has 32 heteroatoms. The summed E-state index contributed by atoms with van der Waals surface area (Å²) in [5.74, 6) is 3.19. The van der Waals surface area contributed by atoms with Crippen LogP contribution < -0.4 is 17.1 Å². The predicted molar refractivity (Wildman–Crippen MR) is 334 cm³/mol. The molecule has 0 fully saturated rings. The average molecular weight is 1170 g/mol. The smallest absolute Gasteiger partial charge is 0.340 e. The van der Waals surface area contributed by atoms with Gasteiger partial charge in [0.05, 0.1) is 47.8 Å². The molecule has 0 aliphatic carbocycles. The molecule has 32 nitrogen and oxygen atoms in total. The first-order valence-corrected chi connectivity index (χ1v) is 23.8. The number of aromatic amines is 14. The lowest BCUT2D eigenvalue weighted by atomic mass is 10.4. The maximum atomic E-state index is 10.4. The molecule has 0 aromatic carbocycles. The summed E-state index contributed by atoms with van der Waals surface area (Å²) in [6.45, 7) is 36.3. The van der Waals surface area contributed by atoms with Gasteiger partial charge >= 0.3 is 17.1 Å². The van der Waals surface area contributed by atoms with E-state index in [-0.39, 0.29) is 61.6 Å². The van der Waals surface area contributed by atoms with Gasteiger partial charge in [0.2, 0.25) is 0 Å². The van der Waals surface area contributed by atoms with Gasteiger partial charge in [0.1, 0.15) is 42.3 Å². The molecule has 11 aromatic rings. The van der Waals surface area contributed by atoms with Crippen LogP contribution in [0.4, 0.5) is 0 Å². The van der Waals surface area contributed by atoms with Crippen molar-refractivity contribution in [3.05, 3.63) is 169 Å². The molecule has 14 N–H and O–H groups in total. The third-order valence-corrected chi connectivity index (χ3v) is 7.42. The lowest BCUT2D eigenvalue weighted by Gasteiger charge is -1.79. The SMILES string of the molecule is C.C.C.C.C.C.CC.CC.CC.Cc1[nH]c(=O)[nH]c1C.Cc1c[nH]c(=O)[nH]1.Cc1cn[nH]n1.Cc1cn[nH]n1.Cc1cnc[nH]1.Cc1cnc[nH]1.Cc1n[nH]c(=O)[nH]1.Cc1n[nH]nc1C.Cc1ncn[nH]1.Cc1ncn[nH]1.Cc1ncn[nH]1. The van der Waals surface area contributed by atoms with E-state index in [2.05, 4.69) is 147 Å². The van der Waals surface area contributed by atoms with Gasteiger partial charge in [0.15, 0.2) is 0 Å². The largest absolute Gasteiger partial charge is 0.349 e. The first-order valence-electron chi connectivity index (χ1n) is 23.8. The van der Waals surface area contributed by atoms with Gasteiger partial charge in [-0.15, -0.1) is 0 Å². The van der Waals surface area contributed by atoms with Gasteiger partial charge < -0.3 is 29.9 Å². The predicted octanol–water partition coefficient (Wildman–Crippen LogP) is 9.06. The van der Waals surface area contributed by atoms with E-state index in [1.54, 1.807) is 50.6 Å². The van der Waals surface area contributed by atoms with Crippen molar-refractivity contribution in [2.75, 3.05) is 0 Å². The van der Waals surface area contributed by atoms with Crippen molar-refractivity contribution in [1.82, 2.24) is 147 Å². The molecule has 0 radical (unpaired) electrons. The maximum Gasteiger partial charge on any atom is 0.340 e. The van der Waals surface area contributed by atoms with Gasteiger partial charge in [0.25, 0.3) is 0 Å². The Labute approximate surface area is 490 Å². The Morgan fingerprint density at radius 2 is 0.711 bits per heavy atom. The zero-order chi connectivity index (χ0) is 58.8. The number of rotatable bonds is 0. The molecular formula is C51H105N29O3. The van der Waals surface area contributed by atoms with Crippen molar-refractivity contribution in [1.29, 1.82) is 0 Å². The van der Waals surface area contributed by atoms with Crippen LogP contribution in [0.3, 0.4) is 0 Å². The van der Waals surface area contributed by atoms with Crippen LogP contribution in [0.15, 0.2) is 77.0 Å². The van der Waals surface area contributed by atoms with Crippen molar-refractivity contribution in [2.45, 2.75) is 176 Å². The minimum Gasteiger partial charge on any atom is -0.349 e. The van der Waals surface area contributed by atoms with Crippen LogP contribution >= 0.6 is 0 Å². The fourth-order valence-electron chi connectivity index (χ4n) is 3.64. The molecule has 0 saturated carbocycles. The average Bonchev–Trinajstić information content (AvgIpc) is 4.23. The molecule has 11 aromatic heterocycles. The Bertz CT molecular complexity index is 2570. The first kappa shape index (κ1) is 92.6. The lowest BCUT2D eigenvalue weighted by Crippen LogP contribution is -2.00. The number of aryl methyl sites for hydroxylation is 13. The van der Waals surface area contributed by atoms with E-state index < -0.39 is 0 Å². The molecule has 0 saturated heterocycles. The highest BCUT2D eigenvalue weighted by Gasteiger charge is 1.92. The third kappa shape index (κ3) is 56.7. The molecule has 11 heterocycles. The van der Waals surface area contributed by atoms with Gasteiger partial charge in [-0.05, 0) is 90.0 Å². The molecule has 472 valence electrons. The number of aromatic nitrogens is 29. The summed E-state index contributed by atoms with van der Waals surface area (Å²) in [5.41, 5.74) is 8.18. The Morgan fingerprint density at radius 1 is 0.337 bits per heavy atom. The summed E-state index contributed by atoms with van der Waals surface area (Å²) in [6, 6.07) is 0. The first-order chi connectivity index (χ1) is 36.8. The van der Waals surface area contributed by atoms with Gasteiger partial charge in [0, 0.05) is 47.1 Å². The van der Waals surface area contributed by atoms with Crippen molar-refractivity contribution in [3.63, 3.8) is 0 Å². The molecule has 0 spiro atoms. The Balaban J connectivity index is -0.000000102. The van der Waals surface area contributed by atoms with Crippen LogP contribution in [-0.2, 0) is 0 Å². The van der Waals surface area contributed by atoms with Crippen molar-refractivity contribution < 1.29 is 0 Å². The summed E-state index contributed by atoms with van der Waals surface area (Å²) in [5, 5.41) is 53.9. The second kappa shape index (κ2) is 61.4. The van der Waals surface area contributed by atoms with E-state index in [0.717, 1.165) is 68.7 Å². The second-order valence-electron chi connectivity index (χ2n) is 13.9. The number of imidazole rings is 4. The van der Waals surface area contributed by atoms with Gasteiger partial charge in [-0.1, -0.05) is 86.1 Å². The zero-order valence-electron chi connectivity index (χ0n) is 47.7. The van der Waals surface area contributed by atoms with Crippen LogP contribution in [0.25, 0.3) is 0 Å². The van der Waals surface area contributed by atoms with Crippen molar-refractivity contribution in [2.24, 2.45) is 0 Å². The summed E-state index contributed by atoms with van der Waals surface area (Å²) >= 11 is 0. The normalized spacial score (nSPS) is 7.99. The van der Waals surface area contributed by atoms with Gasteiger partial charge in [-0.3, -0.25) is 20.3 Å². The Kier molecular flexibility index (Phi) is 68.5. The maximum absolute atomic E-state index is 10.4. The summed E-state index contributed by atoms with van der Waals surface area (Å²) in [4.78, 5) is 67.8. The molecule has 11 rings (SSSR count). The molecule has 0 amide bonds. The van der Waals surface area contributed by atoms with E-state index in [4.69, 9.17) is 0 Å². The van der Waals surface area contributed by atoms with E-state index in [1.807, 2.05) is 125 Å². The van der Waals surface area contributed by atoms with E-state index in [9.17, 15) is 14.4 Å². The highest BCUT2D eigenvalue weighted by atomic mass is 16.1. The lowest BCUT2D eigenvalue weighted by molar-refractivity contribution is 0.921. The second-order valence-corrected chi connectivity index (χ2v) is 13.9. The molecule has 0 aliphatic heterocycles. The monoisotopic (exact) mass is 1170 g/mol. The fraction of sp³-hybridized carbons (Fsp3) is 0.490. The van der Waals surface area contributed by atoms with Crippen LogP contribution in [0.1, 0.15) is 161 Å². The molecule has 0 bridgehead atoms. The highest BCUT2D eigenvalue weighted by molar-refractivity contribution is 5.05. The van der Waals surface area contributed by atoms with Crippen LogP contribution in [0, 0.1) is 90.0 Å². The molecule has 0 atom stereocenters. The number of hydrogen-bond donors (Lipinski definition) is 14. The Hall–Kier alpha value is -9.78. The Morgan fingerprint density at radius 3 is 0.795 bits per heavy atom. The minimum atomic E-state index is -0.252. The summed E-state index contributed by atoms with van der Waals surface area (Å²) in [6.07, 6.45) is 16.3. The third-order valence-electron chi connectivity index (χ3n) is 7.42. The molecular weight excluding hydrogens is 1070 g/mol. The topological polar surface area (TPSA) is 466 Å². The zero-order valence-corrected chi connectivity index (χ0v) is 47.7. The van der Waals surface area contributed by atoms with E-state index in [0.29, 0.717) is 5.82 Å². The van der Waals surface area contributed by atoms with Crippen LogP contribution in [0.5, 0.6) is 0 Å². The van der Waals surface area contributed by atoms with E-state index >= 15 is 0 Å². The summed E-state index contributed by atoms with van der Waals surface area (Å²) < 4.78 is 0. The number of hydrogen-bond acceptors (Lipinski definition) is 18. The number of nitrogens with zero attached hydrogens (tertiary/aromatic N) is 15. The number of nitrogens with one attached hydrogen (secondary N) is 14. The molecule has 0 unspecified atom stereocenters. The van der Waals surface area contributed by atoms with Crippen LogP contribution in [0.2, 0.25) is 0 Å². The molecule has 83 heavy (non-hydrogen) atoms. The molecule has 0 aliphatic rings. The standard InChI is InChI=1S/C5H8N2O.C4H7N3.C4H6N2O.2C4H6N2.C3H5N3O.5C3H5N3.3C2H6.6CH4/c1-3-4(2)7-5(8)6-3;1-3-4(2)6-7-5-3;1-3-2-5-4(7)6-3;2*1-4-2-5-3-6-4;1-2-4-3(7)6-5-2;3*1-3-4-2-5-6-3;2*1-3-2-4-6-5-3;3*1-2;;;;;;/h1-2H3,(H2,6,7,8);1-2H3,(H,5,6,7);2H,1H3,(H2,5,6,7);2*2-3H,1H3,(H,5,6);1H3,(H2,4,5,6,7);5*2H,1H3,(H,4,5,6);3*1-2H3;6*1H4. The minimum absolute atomic E-state index is 0. The summed E-state index contributed by atoms with van der Waals surface area (Å²) in [7, 11) is 0. The quantitative estimate of drug-likeness (QED) is 0.0673. The van der Waals surface area contributed by atoms with Crippen molar-refractivity contribution >= 4 is 0 Å². The highest BCUT2D eigenvalue weighted by Crippen LogP contribution is 1.92. The number of H-pyrrole nitrogens is 14. The van der Waals surface area contributed by atoms with Crippen LogP contribution in [-0.4, -0.2) is 147 Å². The van der Waals surface area contributed by atoms with Gasteiger partial charge in [-0.25, -0.2) is 44.4 Å².